The molecule has 10 rings (SSSR count). The van der Waals surface area contributed by atoms with Gasteiger partial charge in [-0.15, -0.1) is 16.4 Å². The van der Waals surface area contributed by atoms with Crippen molar-refractivity contribution in [3.05, 3.63) is 78.9 Å². The van der Waals surface area contributed by atoms with Crippen molar-refractivity contribution in [3.8, 4) is 5.69 Å². The van der Waals surface area contributed by atoms with Gasteiger partial charge in [0.25, 0.3) is 0 Å². The van der Waals surface area contributed by atoms with Crippen LogP contribution in [-0.2, 0) is 0 Å². The van der Waals surface area contributed by atoms with Gasteiger partial charge in [0.15, 0.2) is 0 Å². The van der Waals surface area contributed by atoms with Crippen LogP contribution in [-0.4, -0.2) is 63.9 Å². The molecular weight excluding hydrogens is 552 g/mol. The molecule has 46 heavy (non-hydrogen) atoms. The van der Waals surface area contributed by atoms with Crippen LogP contribution in [0.1, 0.15) is 0 Å². The molecule has 0 amide bonds. The fourth-order valence-electron chi connectivity index (χ4n) is 7.82. The van der Waals surface area contributed by atoms with Gasteiger partial charge in [0, 0.05) is 37.7 Å². The average molecular weight is 565 g/mol. The summed E-state index contributed by atoms with van der Waals surface area (Å²) in [7, 11) is 45.7. The Labute approximate surface area is 272 Å². The highest BCUT2D eigenvalue weighted by atomic mass is 16.3. The van der Waals surface area contributed by atoms with Crippen LogP contribution in [0, 0.1) is 0 Å². The van der Waals surface area contributed by atoms with Gasteiger partial charge in [-0.25, -0.2) is 0 Å². The average Bonchev–Trinajstić information content (AvgIpc) is 3.82. The van der Waals surface area contributed by atoms with Gasteiger partial charge in [-0.2, -0.15) is 0 Å². The molecule has 0 aliphatic heterocycles. The Morgan fingerprint density at radius 2 is 0.957 bits per heavy atom. The summed E-state index contributed by atoms with van der Waals surface area (Å²) in [4.78, 5) is 0. The van der Waals surface area contributed by atoms with E-state index in [0.29, 0.717) is 22.0 Å². The number of hydrogen-bond donors (Lipinski definition) is 0. The fraction of sp³-hybridized carbons (Fsp3) is 0. The molecule has 10 aromatic rings. The predicted molar refractivity (Wildman–Crippen MR) is 200 cm³/mol. The van der Waals surface area contributed by atoms with E-state index >= 15 is 0 Å². The van der Waals surface area contributed by atoms with Gasteiger partial charge < -0.3 is 13.4 Å². The summed E-state index contributed by atoms with van der Waals surface area (Å²) in [6, 6.07) is 27.6. The molecule has 0 bridgehead atoms. The fourth-order valence-corrected chi connectivity index (χ4v) is 7.82. The van der Waals surface area contributed by atoms with Crippen molar-refractivity contribution in [2.24, 2.45) is 0 Å². The topological polar surface area (TPSA) is 22.5 Å². The molecular formula is C36H13B7N2O. The van der Waals surface area contributed by atoms with E-state index in [1.165, 1.54) is 27.2 Å². The number of hydrogen-bond acceptors (Lipinski definition) is 1. The van der Waals surface area contributed by atoms with Crippen LogP contribution in [0.5, 0.6) is 0 Å². The number of aromatic nitrogens is 2. The summed E-state index contributed by atoms with van der Waals surface area (Å²) in [6.45, 7) is 0. The molecule has 10 heteroatoms. The Bertz CT molecular complexity index is 3010. The predicted octanol–water partition coefficient (Wildman–Crippen LogP) is 1.39. The molecule has 0 aliphatic carbocycles. The molecule has 14 radical (unpaired) electrons. The monoisotopic (exact) mass is 566 g/mol. The van der Waals surface area contributed by atoms with Gasteiger partial charge in [0.1, 0.15) is 66.1 Å². The summed E-state index contributed by atoms with van der Waals surface area (Å²) in [5, 5.41) is 7.92. The van der Waals surface area contributed by atoms with Crippen molar-refractivity contribution < 1.29 is 4.42 Å². The highest BCUT2D eigenvalue weighted by molar-refractivity contribution is 6.68. The third kappa shape index (κ3) is 2.91. The summed E-state index contributed by atoms with van der Waals surface area (Å²) >= 11 is 0. The second kappa shape index (κ2) is 8.70. The molecule has 0 aliphatic rings. The van der Waals surface area contributed by atoms with Crippen LogP contribution in [0.15, 0.2) is 83.3 Å². The minimum Gasteiger partial charge on any atom is -0.457 e. The first kappa shape index (κ1) is 26.4. The van der Waals surface area contributed by atoms with Crippen LogP contribution in [0.3, 0.4) is 0 Å². The first-order chi connectivity index (χ1) is 22.3. The zero-order chi connectivity index (χ0) is 31.3. The van der Waals surface area contributed by atoms with Gasteiger partial charge in [-0.3, -0.25) is 0 Å². The minimum atomic E-state index is 0.142. The molecule has 3 nitrogen and oxygen atoms in total. The van der Waals surface area contributed by atoms with Crippen LogP contribution in [0.4, 0.5) is 0 Å². The first-order valence-electron chi connectivity index (χ1n) is 14.8. The third-order valence-corrected chi connectivity index (χ3v) is 9.85. The molecule has 6 aromatic carbocycles. The number of benzene rings is 6. The van der Waals surface area contributed by atoms with Crippen LogP contribution >= 0.6 is 0 Å². The van der Waals surface area contributed by atoms with Crippen molar-refractivity contribution >= 4 is 175 Å². The Hall–Kier alpha value is -4.83. The lowest BCUT2D eigenvalue weighted by Crippen LogP contribution is -2.47. The molecule has 0 saturated heterocycles. The zero-order valence-corrected chi connectivity index (χ0v) is 24.3. The lowest BCUT2D eigenvalue weighted by atomic mass is 9.65. The molecule has 0 N–H and O–H groups in total. The molecule has 4 aromatic heterocycles. The van der Waals surface area contributed by atoms with E-state index < -0.39 is 0 Å². The number of rotatable bonds is 1. The second-order valence-electron chi connectivity index (χ2n) is 12.0. The van der Waals surface area contributed by atoms with Gasteiger partial charge in [-0.05, 0) is 24.3 Å². The normalized spacial score (nSPS) is 12.5. The summed E-state index contributed by atoms with van der Waals surface area (Å²) in [6.07, 6.45) is 0. The Morgan fingerprint density at radius 3 is 1.74 bits per heavy atom. The maximum absolute atomic E-state index is 6.92. The van der Waals surface area contributed by atoms with E-state index in [1.807, 2.05) is 12.1 Å². The molecule has 194 valence electrons. The van der Waals surface area contributed by atoms with Crippen molar-refractivity contribution in [3.63, 3.8) is 0 Å². The standard InChI is InChI=1S/C36H13B7N2O/c37-26-24-25-34(30(41)29(40)32(43)36(25)46-35(24)31(42)28(39)27(26)38)45-19-11-4-2-7-16(19)22-20(45)12-13-21-23(22)17-9-5-8-15-14-6-1-3-10-18(14)44(21)33(15)17/h1-13H. The molecule has 4 heterocycles. The number of fused-ring (bicyclic) bond motifs is 13. The van der Waals surface area contributed by atoms with Crippen molar-refractivity contribution in [2.75, 3.05) is 0 Å². The smallest absolute Gasteiger partial charge is 0.129 e. The molecule has 0 atom stereocenters. The largest absolute Gasteiger partial charge is 0.457 e. The van der Waals surface area contributed by atoms with Gasteiger partial charge in [-0.1, -0.05) is 76.4 Å². The number of para-hydroxylation sites is 3. The first-order valence-corrected chi connectivity index (χ1v) is 14.8. The maximum Gasteiger partial charge on any atom is 0.129 e. The van der Waals surface area contributed by atoms with Crippen LogP contribution < -0.4 is 38.2 Å². The van der Waals surface area contributed by atoms with Crippen molar-refractivity contribution in [2.45, 2.75) is 0 Å². The molecule has 0 spiro atoms. The zero-order valence-electron chi connectivity index (χ0n) is 24.3. The van der Waals surface area contributed by atoms with E-state index in [0.717, 1.165) is 32.7 Å². The van der Waals surface area contributed by atoms with E-state index in [2.05, 4.69) is 75.7 Å². The lowest BCUT2D eigenvalue weighted by molar-refractivity contribution is 0.675. The SMILES string of the molecule is [B]c1c([B])c([B])c2c(oc3c([B])c([B])c([B])c(-n4c5ccccc5c5c6c7cccc8c9ccccc9n(c6ccc54)c87)c32)c1[B]. The van der Waals surface area contributed by atoms with Crippen molar-refractivity contribution in [1.29, 1.82) is 0 Å². The van der Waals surface area contributed by atoms with Crippen LogP contribution in [0.2, 0.25) is 0 Å². The molecule has 0 fully saturated rings. The second-order valence-corrected chi connectivity index (χ2v) is 12.0. The van der Waals surface area contributed by atoms with E-state index in [9.17, 15) is 0 Å². The quantitative estimate of drug-likeness (QED) is 0.276. The number of nitrogens with zero attached hydrogens (tertiary/aromatic N) is 2. The van der Waals surface area contributed by atoms with E-state index in [1.54, 1.807) is 0 Å². The van der Waals surface area contributed by atoms with Gasteiger partial charge >= 0.3 is 0 Å². The molecule has 0 unspecified atom stereocenters. The third-order valence-electron chi connectivity index (χ3n) is 9.85. The Kier molecular flexibility index (Phi) is 4.99. The Morgan fingerprint density at radius 1 is 0.391 bits per heavy atom. The summed E-state index contributed by atoms with van der Waals surface area (Å²) in [5.41, 5.74) is 7.83. The van der Waals surface area contributed by atoms with Crippen molar-refractivity contribution in [1.82, 2.24) is 8.97 Å². The highest BCUT2D eigenvalue weighted by Gasteiger charge is 2.26. The lowest BCUT2D eigenvalue weighted by Gasteiger charge is -2.19. The van der Waals surface area contributed by atoms with Gasteiger partial charge in [0.05, 0.1) is 38.7 Å². The Balaban J connectivity index is 1.48. The minimum absolute atomic E-state index is 0.142. The summed E-state index contributed by atoms with van der Waals surface area (Å²) in [5.74, 6) is 0. The highest BCUT2D eigenvalue weighted by Crippen LogP contribution is 2.45. The van der Waals surface area contributed by atoms with E-state index in [4.69, 9.17) is 59.3 Å². The molecule has 0 saturated carbocycles. The number of furan rings is 1. The maximum atomic E-state index is 6.92. The van der Waals surface area contributed by atoms with E-state index in [-0.39, 0.29) is 43.8 Å². The van der Waals surface area contributed by atoms with Crippen LogP contribution in [0.25, 0.3) is 87.5 Å². The van der Waals surface area contributed by atoms with Gasteiger partial charge in [0.2, 0.25) is 0 Å². The summed E-state index contributed by atoms with van der Waals surface area (Å²) < 4.78 is 10.8.